The van der Waals surface area contributed by atoms with Gasteiger partial charge in [-0.2, -0.15) is 0 Å². The van der Waals surface area contributed by atoms with Gasteiger partial charge in [0, 0.05) is 18.2 Å². The number of nitrogens with zero attached hydrogens (tertiary/aromatic N) is 1. The van der Waals surface area contributed by atoms with Gasteiger partial charge >= 0.3 is 0 Å². The molecule has 0 saturated heterocycles. The Hall–Kier alpha value is -1.58. The lowest BCUT2D eigenvalue weighted by atomic mass is 10.2. The molecule has 0 saturated carbocycles. The molecule has 1 amide bonds. The third-order valence-corrected chi connectivity index (χ3v) is 1.62. The fraction of sp³-hybridized carbons (Fsp3) is 0.333. The highest BCUT2D eigenvalue weighted by molar-refractivity contribution is 5.73. The number of nitrogens with two attached hydrogens (primary N) is 1. The highest BCUT2D eigenvalue weighted by Crippen LogP contribution is 2.07. The zero-order valence-electron chi connectivity index (χ0n) is 7.49. The zero-order valence-corrected chi connectivity index (χ0v) is 7.49. The minimum Gasteiger partial charge on any atom is -0.481 e. The van der Waals surface area contributed by atoms with E-state index in [0.29, 0.717) is 18.7 Å². The molecule has 0 fully saturated rings. The van der Waals surface area contributed by atoms with Crippen molar-refractivity contribution in [3.05, 3.63) is 23.9 Å². The third-order valence-electron chi connectivity index (χ3n) is 1.62. The molecule has 4 heteroatoms. The van der Waals surface area contributed by atoms with Crippen LogP contribution in [0.4, 0.5) is 0 Å². The molecule has 2 N–H and O–H groups in total. The molecule has 0 bridgehead atoms. The van der Waals surface area contributed by atoms with Crippen LogP contribution in [0.2, 0.25) is 0 Å². The highest BCUT2D eigenvalue weighted by atomic mass is 16.5. The van der Waals surface area contributed by atoms with E-state index in [4.69, 9.17) is 10.5 Å². The van der Waals surface area contributed by atoms with Gasteiger partial charge in [0.1, 0.15) is 0 Å². The number of aromatic nitrogens is 1. The number of ether oxygens (including phenoxy) is 1. The molecule has 0 aliphatic heterocycles. The maximum absolute atomic E-state index is 10.5. The lowest BCUT2D eigenvalue weighted by Crippen LogP contribution is -2.11. The molecular formula is C9H12N2O2. The molecule has 13 heavy (non-hydrogen) atoms. The van der Waals surface area contributed by atoms with Gasteiger partial charge in [0.15, 0.2) is 0 Å². The van der Waals surface area contributed by atoms with Crippen LogP contribution in [0.1, 0.15) is 12.1 Å². The minimum atomic E-state index is -0.315. The number of aryl methyl sites for hydroxylation is 1. The largest absolute Gasteiger partial charge is 0.481 e. The molecule has 0 aromatic carbocycles. The first-order valence-electron chi connectivity index (χ1n) is 4.00. The summed E-state index contributed by atoms with van der Waals surface area (Å²) in [5, 5.41) is 0. The average Bonchev–Trinajstić information content (AvgIpc) is 2.15. The maximum atomic E-state index is 10.5. The number of methoxy groups -OCH3 is 1. The lowest BCUT2D eigenvalue weighted by Gasteiger charge is -2.01. The van der Waals surface area contributed by atoms with Crippen molar-refractivity contribution in [1.29, 1.82) is 0 Å². The van der Waals surface area contributed by atoms with E-state index in [1.165, 1.54) is 0 Å². The number of primary amides is 1. The number of hydrogen-bond donors (Lipinski definition) is 1. The molecule has 4 nitrogen and oxygen atoms in total. The minimum absolute atomic E-state index is 0.315. The fourth-order valence-corrected chi connectivity index (χ4v) is 0.962. The van der Waals surface area contributed by atoms with Gasteiger partial charge in [0.25, 0.3) is 0 Å². The Kier molecular flexibility index (Phi) is 3.25. The Bertz CT molecular complexity index is 299. The van der Waals surface area contributed by atoms with Gasteiger partial charge in [-0.15, -0.1) is 0 Å². The predicted molar refractivity (Wildman–Crippen MR) is 48.3 cm³/mol. The van der Waals surface area contributed by atoms with E-state index in [0.717, 1.165) is 5.69 Å². The van der Waals surface area contributed by atoms with E-state index in [2.05, 4.69) is 4.98 Å². The van der Waals surface area contributed by atoms with Crippen LogP contribution < -0.4 is 10.5 Å². The number of rotatable bonds is 4. The van der Waals surface area contributed by atoms with Gasteiger partial charge in [0.05, 0.1) is 7.11 Å². The summed E-state index contributed by atoms with van der Waals surface area (Å²) < 4.78 is 4.93. The van der Waals surface area contributed by atoms with Crippen molar-refractivity contribution in [2.24, 2.45) is 5.73 Å². The van der Waals surface area contributed by atoms with Gasteiger partial charge in [-0.3, -0.25) is 4.79 Å². The van der Waals surface area contributed by atoms with E-state index >= 15 is 0 Å². The van der Waals surface area contributed by atoms with Crippen LogP contribution in [0.15, 0.2) is 18.2 Å². The molecule has 0 aliphatic rings. The standard InChI is InChI=1S/C9H12N2O2/c1-13-9-4-2-3-7(11-9)5-6-8(10)12/h2-4H,5-6H2,1H3,(H2,10,12). The van der Waals surface area contributed by atoms with Crippen LogP contribution in [0, 0.1) is 0 Å². The highest BCUT2D eigenvalue weighted by Gasteiger charge is 1.99. The van der Waals surface area contributed by atoms with Crippen molar-refractivity contribution in [3.63, 3.8) is 0 Å². The second-order valence-electron chi connectivity index (χ2n) is 2.64. The van der Waals surface area contributed by atoms with Crippen LogP contribution in [-0.2, 0) is 11.2 Å². The van der Waals surface area contributed by atoms with Crippen molar-refractivity contribution < 1.29 is 9.53 Å². The van der Waals surface area contributed by atoms with Gasteiger partial charge < -0.3 is 10.5 Å². The fourth-order valence-electron chi connectivity index (χ4n) is 0.962. The summed E-state index contributed by atoms with van der Waals surface area (Å²) in [7, 11) is 1.56. The molecule has 1 aromatic heterocycles. The van der Waals surface area contributed by atoms with E-state index in [9.17, 15) is 4.79 Å². The summed E-state index contributed by atoms with van der Waals surface area (Å²) in [6.07, 6.45) is 0.882. The van der Waals surface area contributed by atoms with Crippen molar-refractivity contribution in [2.45, 2.75) is 12.8 Å². The SMILES string of the molecule is COc1cccc(CCC(N)=O)n1. The topological polar surface area (TPSA) is 65.2 Å². The predicted octanol–water partition coefficient (Wildman–Crippen LogP) is 0.508. The van der Waals surface area contributed by atoms with Crippen molar-refractivity contribution in [2.75, 3.05) is 7.11 Å². The summed E-state index contributed by atoms with van der Waals surface area (Å²) in [6.45, 7) is 0. The first-order chi connectivity index (χ1) is 6.22. The van der Waals surface area contributed by atoms with Crippen LogP contribution in [0.3, 0.4) is 0 Å². The summed E-state index contributed by atoms with van der Waals surface area (Å²) in [5.74, 6) is 0.242. The Balaban J connectivity index is 2.61. The number of hydrogen-bond acceptors (Lipinski definition) is 3. The molecule has 0 atom stereocenters. The molecule has 0 spiro atoms. The quantitative estimate of drug-likeness (QED) is 0.734. The van der Waals surface area contributed by atoms with E-state index < -0.39 is 0 Å². The van der Waals surface area contributed by atoms with Crippen molar-refractivity contribution >= 4 is 5.91 Å². The zero-order chi connectivity index (χ0) is 9.68. The monoisotopic (exact) mass is 180 g/mol. The van der Waals surface area contributed by atoms with Crippen molar-refractivity contribution in [1.82, 2.24) is 4.98 Å². The summed E-state index contributed by atoms with van der Waals surface area (Å²) in [4.78, 5) is 14.6. The Morgan fingerprint density at radius 2 is 2.38 bits per heavy atom. The van der Waals surface area contributed by atoms with E-state index in [1.807, 2.05) is 12.1 Å². The summed E-state index contributed by atoms with van der Waals surface area (Å²) in [5.41, 5.74) is 5.83. The first kappa shape index (κ1) is 9.51. The second kappa shape index (κ2) is 4.45. The Labute approximate surface area is 76.7 Å². The van der Waals surface area contributed by atoms with Crippen LogP contribution in [-0.4, -0.2) is 18.0 Å². The summed E-state index contributed by atoms with van der Waals surface area (Å²) in [6, 6.07) is 5.43. The second-order valence-corrected chi connectivity index (χ2v) is 2.64. The van der Waals surface area contributed by atoms with E-state index in [-0.39, 0.29) is 5.91 Å². The van der Waals surface area contributed by atoms with Crippen LogP contribution >= 0.6 is 0 Å². The maximum Gasteiger partial charge on any atom is 0.217 e. The van der Waals surface area contributed by atoms with Crippen LogP contribution in [0.25, 0.3) is 0 Å². The Morgan fingerprint density at radius 1 is 1.62 bits per heavy atom. The molecule has 70 valence electrons. The number of amides is 1. The average molecular weight is 180 g/mol. The summed E-state index contributed by atoms with van der Waals surface area (Å²) >= 11 is 0. The molecule has 0 radical (unpaired) electrons. The number of pyridine rings is 1. The van der Waals surface area contributed by atoms with Crippen LogP contribution in [0.5, 0.6) is 5.88 Å². The molecule has 1 rings (SSSR count). The molecular weight excluding hydrogens is 168 g/mol. The normalized spacial score (nSPS) is 9.62. The molecule has 0 unspecified atom stereocenters. The molecule has 1 aromatic rings. The molecule has 0 aliphatic carbocycles. The van der Waals surface area contributed by atoms with Crippen molar-refractivity contribution in [3.8, 4) is 5.88 Å². The lowest BCUT2D eigenvalue weighted by molar-refractivity contribution is -0.118. The smallest absolute Gasteiger partial charge is 0.217 e. The van der Waals surface area contributed by atoms with Gasteiger partial charge in [-0.25, -0.2) is 4.98 Å². The molecule has 1 heterocycles. The number of carbonyl (C=O) groups excluding carboxylic acids is 1. The van der Waals surface area contributed by atoms with Gasteiger partial charge in [-0.05, 0) is 12.5 Å². The third kappa shape index (κ3) is 3.11. The van der Waals surface area contributed by atoms with Gasteiger partial charge in [0.2, 0.25) is 11.8 Å². The first-order valence-corrected chi connectivity index (χ1v) is 4.00. The Morgan fingerprint density at radius 3 is 3.00 bits per heavy atom. The van der Waals surface area contributed by atoms with Gasteiger partial charge in [-0.1, -0.05) is 6.07 Å². The number of carbonyl (C=O) groups is 1. The van der Waals surface area contributed by atoms with E-state index in [1.54, 1.807) is 13.2 Å².